The van der Waals surface area contributed by atoms with E-state index in [2.05, 4.69) is 9.82 Å². The Hall–Kier alpha value is -2.07. The third kappa shape index (κ3) is 4.11. The van der Waals surface area contributed by atoms with Crippen LogP contribution in [0.2, 0.25) is 0 Å². The summed E-state index contributed by atoms with van der Waals surface area (Å²) in [6, 6.07) is 6.13. The van der Waals surface area contributed by atoms with Crippen LogP contribution >= 0.6 is 0 Å². The Morgan fingerprint density at radius 1 is 1.22 bits per heavy atom. The van der Waals surface area contributed by atoms with Crippen molar-refractivity contribution in [3.05, 3.63) is 41.2 Å². The Bertz CT molecular complexity index is 923. The number of ether oxygens (including phenoxy) is 1. The molecule has 1 aliphatic carbocycles. The first-order valence-electron chi connectivity index (χ1n) is 8.52. The fourth-order valence-corrected chi connectivity index (χ4v) is 4.48. The Labute approximate surface area is 155 Å². The van der Waals surface area contributed by atoms with Gasteiger partial charge in [0, 0.05) is 17.8 Å². The quantitative estimate of drug-likeness (QED) is 0.805. The fourth-order valence-electron chi connectivity index (χ4n) is 3.29. The molecule has 3 rings (SSSR count). The third-order valence-electron chi connectivity index (χ3n) is 4.50. The molecule has 10 heteroatoms. The van der Waals surface area contributed by atoms with Gasteiger partial charge < -0.3 is 4.74 Å². The normalized spacial score (nSPS) is 14.8. The van der Waals surface area contributed by atoms with Gasteiger partial charge >= 0.3 is 6.18 Å². The van der Waals surface area contributed by atoms with Crippen LogP contribution in [0.1, 0.15) is 29.8 Å². The van der Waals surface area contributed by atoms with Crippen molar-refractivity contribution >= 4 is 10.0 Å². The maximum absolute atomic E-state index is 13.2. The van der Waals surface area contributed by atoms with E-state index in [4.69, 9.17) is 4.74 Å². The summed E-state index contributed by atoms with van der Waals surface area (Å²) in [5.74, 6) is 0.195. The molecule has 27 heavy (non-hydrogen) atoms. The molecule has 0 aliphatic heterocycles. The highest BCUT2D eigenvalue weighted by molar-refractivity contribution is 7.89. The van der Waals surface area contributed by atoms with Gasteiger partial charge in [-0.2, -0.15) is 18.3 Å². The molecular weight excluding hydrogens is 383 g/mol. The molecule has 0 radical (unpaired) electrons. The summed E-state index contributed by atoms with van der Waals surface area (Å²) in [7, 11) is -2.49. The lowest BCUT2D eigenvalue weighted by atomic mass is 9.95. The van der Waals surface area contributed by atoms with E-state index in [9.17, 15) is 21.6 Å². The molecule has 1 aromatic carbocycles. The van der Waals surface area contributed by atoms with E-state index in [1.807, 2.05) is 0 Å². The van der Waals surface area contributed by atoms with Gasteiger partial charge in [-0.3, -0.25) is 4.68 Å². The average molecular weight is 403 g/mol. The van der Waals surface area contributed by atoms with E-state index in [0.29, 0.717) is 25.0 Å². The minimum Gasteiger partial charge on any atom is -0.495 e. The largest absolute Gasteiger partial charge is 0.495 e. The molecule has 1 N–H and O–H groups in total. The highest BCUT2D eigenvalue weighted by atomic mass is 32.2. The summed E-state index contributed by atoms with van der Waals surface area (Å²) in [5.41, 5.74) is -0.0730. The van der Waals surface area contributed by atoms with Gasteiger partial charge in [0.25, 0.3) is 0 Å². The average Bonchev–Trinajstić information content (AvgIpc) is 3.01. The first-order valence-corrected chi connectivity index (χ1v) is 10.0. The van der Waals surface area contributed by atoms with Crippen LogP contribution in [0.5, 0.6) is 5.75 Å². The molecule has 1 aliphatic rings. The van der Waals surface area contributed by atoms with Crippen molar-refractivity contribution in [2.75, 3.05) is 13.7 Å². The van der Waals surface area contributed by atoms with Gasteiger partial charge in [-0.05, 0) is 37.8 Å². The molecule has 0 bridgehead atoms. The van der Waals surface area contributed by atoms with Gasteiger partial charge in [0.05, 0.1) is 13.7 Å². The van der Waals surface area contributed by atoms with E-state index in [-0.39, 0.29) is 29.3 Å². The van der Waals surface area contributed by atoms with Gasteiger partial charge in [-0.1, -0.05) is 12.1 Å². The number of hydrogen-bond acceptors (Lipinski definition) is 4. The molecule has 1 aromatic heterocycles. The fraction of sp³-hybridized carbons (Fsp3) is 0.471. The standard InChI is InChI=1S/C17H20F3N3O3S/c1-26-14-8-4-5-9-15(14)27(24,25)21-10-11-23-13-7-3-2-6-12(13)16(22-23)17(18,19)20/h4-5,8-9,21H,2-3,6-7,10-11H2,1H3. The van der Waals surface area contributed by atoms with E-state index < -0.39 is 21.9 Å². The van der Waals surface area contributed by atoms with Crippen molar-refractivity contribution < 1.29 is 26.3 Å². The molecule has 0 unspecified atom stereocenters. The topological polar surface area (TPSA) is 73.2 Å². The Balaban J connectivity index is 1.77. The number of alkyl halides is 3. The summed E-state index contributed by atoms with van der Waals surface area (Å²) >= 11 is 0. The van der Waals surface area contributed by atoms with E-state index >= 15 is 0 Å². The number of methoxy groups -OCH3 is 1. The highest BCUT2D eigenvalue weighted by Crippen LogP contribution is 2.35. The van der Waals surface area contributed by atoms with Crippen LogP contribution in [0.25, 0.3) is 0 Å². The van der Waals surface area contributed by atoms with Crippen LogP contribution in [0, 0.1) is 0 Å². The molecule has 0 fully saturated rings. The molecule has 0 saturated heterocycles. The molecule has 0 spiro atoms. The molecule has 0 amide bonds. The van der Waals surface area contributed by atoms with E-state index in [1.165, 1.54) is 23.9 Å². The van der Waals surface area contributed by atoms with Gasteiger partial charge in [0.1, 0.15) is 10.6 Å². The van der Waals surface area contributed by atoms with Crippen LogP contribution in [0.4, 0.5) is 13.2 Å². The minimum atomic E-state index is -4.51. The number of hydrogen-bond donors (Lipinski definition) is 1. The third-order valence-corrected chi connectivity index (χ3v) is 6.00. The molecule has 148 valence electrons. The molecule has 6 nitrogen and oxygen atoms in total. The first-order chi connectivity index (χ1) is 12.7. The summed E-state index contributed by atoms with van der Waals surface area (Å²) in [6.07, 6.45) is -2.16. The maximum atomic E-state index is 13.2. The van der Waals surface area contributed by atoms with Crippen LogP contribution in [-0.2, 0) is 35.6 Å². The molecular formula is C17H20F3N3O3S. The van der Waals surface area contributed by atoms with Gasteiger partial charge in [-0.15, -0.1) is 0 Å². The first kappa shape index (κ1) is 19.7. The zero-order valence-electron chi connectivity index (χ0n) is 14.7. The monoisotopic (exact) mass is 403 g/mol. The Kier molecular flexibility index (Phi) is 5.48. The molecule has 1 heterocycles. The minimum absolute atomic E-state index is 0.0206. The molecule has 0 atom stereocenters. The number of sulfonamides is 1. The lowest BCUT2D eigenvalue weighted by molar-refractivity contribution is -0.142. The zero-order chi connectivity index (χ0) is 19.7. The van der Waals surface area contributed by atoms with Crippen molar-refractivity contribution in [1.29, 1.82) is 0 Å². The SMILES string of the molecule is COc1ccccc1S(=O)(=O)NCCn1nc(C(F)(F)F)c2c1CCCC2. The lowest BCUT2D eigenvalue weighted by Crippen LogP contribution is -2.28. The summed E-state index contributed by atoms with van der Waals surface area (Å²) < 4.78 is 73.3. The number of para-hydroxylation sites is 1. The smallest absolute Gasteiger partial charge is 0.435 e. The van der Waals surface area contributed by atoms with Crippen LogP contribution in [0.3, 0.4) is 0 Å². The second-order valence-corrected chi connectivity index (χ2v) is 7.99. The van der Waals surface area contributed by atoms with Crippen molar-refractivity contribution in [2.24, 2.45) is 0 Å². The van der Waals surface area contributed by atoms with Gasteiger partial charge in [0.2, 0.25) is 10.0 Å². The predicted octanol–water partition coefficient (Wildman–Crippen LogP) is 2.77. The summed E-state index contributed by atoms with van der Waals surface area (Å²) in [6.45, 7) is -0.0570. The second kappa shape index (κ2) is 7.51. The number of nitrogens with zero attached hydrogens (tertiary/aromatic N) is 2. The van der Waals surface area contributed by atoms with Crippen molar-refractivity contribution in [3.63, 3.8) is 0 Å². The van der Waals surface area contributed by atoms with Gasteiger partial charge in [-0.25, -0.2) is 13.1 Å². The second-order valence-electron chi connectivity index (χ2n) is 6.25. The van der Waals surface area contributed by atoms with Crippen molar-refractivity contribution in [3.8, 4) is 5.75 Å². The number of rotatable bonds is 6. The van der Waals surface area contributed by atoms with E-state index in [1.54, 1.807) is 12.1 Å². The van der Waals surface area contributed by atoms with E-state index in [0.717, 1.165) is 6.42 Å². The number of nitrogens with one attached hydrogen (secondary N) is 1. The van der Waals surface area contributed by atoms with Crippen molar-refractivity contribution in [1.82, 2.24) is 14.5 Å². The van der Waals surface area contributed by atoms with Crippen LogP contribution < -0.4 is 9.46 Å². The maximum Gasteiger partial charge on any atom is 0.435 e. The predicted molar refractivity (Wildman–Crippen MR) is 92.1 cm³/mol. The zero-order valence-corrected chi connectivity index (χ0v) is 15.5. The Morgan fingerprint density at radius 3 is 2.63 bits per heavy atom. The lowest BCUT2D eigenvalue weighted by Gasteiger charge is -2.15. The number of benzene rings is 1. The number of aromatic nitrogens is 2. The highest BCUT2D eigenvalue weighted by Gasteiger charge is 2.39. The summed E-state index contributed by atoms with van der Waals surface area (Å²) in [4.78, 5) is -0.0222. The molecule has 0 saturated carbocycles. The summed E-state index contributed by atoms with van der Waals surface area (Å²) in [5, 5.41) is 3.72. The van der Waals surface area contributed by atoms with Crippen molar-refractivity contribution in [2.45, 2.75) is 43.3 Å². The van der Waals surface area contributed by atoms with Gasteiger partial charge in [0.15, 0.2) is 5.69 Å². The van der Waals surface area contributed by atoms with Crippen LogP contribution in [-0.4, -0.2) is 31.9 Å². The molecule has 2 aromatic rings. The van der Waals surface area contributed by atoms with Crippen LogP contribution in [0.15, 0.2) is 29.2 Å². The number of fused-ring (bicyclic) bond motifs is 1. The Morgan fingerprint density at radius 2 is 1.93 bits per heavy atom. The number of halogens is 3.